The van der Waals surface area contributed by atoms with Gasteiger partial charge in [0, 0.05) is 40.6 Å². The van der Waals surface area contributed by atoms with Crippen molar-refractivity contribution in [2.24, 2.45) is 0 Å². The smallest absolute Gasteiger partial charge is 0.339 e. The van der Waals surface area contributed by atoms with E-state index in [0.29, 0.717) is 27.5 Å². The van der Waals surface area contributed by atoms with E-state index in [1.165, 1.54) is 19.1 Å². The monoisotopic (exact) mass is 485 g/mol. The second kappa shape index (κ2) is 8.72. The van der Waals surface area contributed by atoms with Crippen molar-refractivity contribution < 1.29 is 18.7 Å². The Morgan fingerprint density at radius 1 is 1.26 bits per heavy atom. The number of rotatable bonds is 4. The van der Waals surface area contributed by atoms with Gasteiger partial charge in [-0.25, -0.2) is 9.18 Å². The molecule has 8 heteroatoms. The van der Waals surface area contributed by atoms with Crippen LogP contribution in [0.5, 0.6) is 0 Å². The number of carbonyl (C=O) groups is 2. The Bertz CT molecular complexity index is 1180. The number of anilines is 1. The summed E-state index contributed by atoms with van der Waals surface area (Å²) in [5.74, 6) is -1.79. The van der Waals surface area contributed by atoms with Gasteiger partial charge < -0.3 is 15.0 Å². The molecule has 3 aromatic rings. The molecule has 1 atom stereocenters. The van der Waals surface area contributed by atoms with Crippen LogP contribution >= 0.6 is 15.9 Å². The van der Waals surface area contributed by atoms with Gasteiger partial charge in [-0.3, -0.25) is 9.78 Å². The summed E-state index contributed by atoms with van der Waals surface area (Å²) >= 11 is 3.17. The van der Waals surface area contributed by atoms with Gasteiger partial charge in [-0.2, -0.15) is 0 Å². The largest absolute Gasteiger partial charge is 0.449 e. The second-order valence-corrected chi connectivity index (χ2v) is 8.49. The summed E-state index contributed by atoms with van der Waals surface area (Å²) in [5.41, 5.74) is 2.86. The zero-order valence-corrected chi connectivity index (χ0v) is 18.7. The van der Waals surface area contributed by atoms with Crippen molar-refractivity contribution in [3.63, 3.8) is 0 Å². The Hall–Kier alpha value is -2.84. The van der Waals surface area contributed by atoms with Gasteiger partial charge >= 0.3 is 5.97 Å². The molecule has 1 N–H and O–H groups in total. The van der Waals surface area contributed by atoms with Gasteiger partial charge in [0.2, 0.25) is 0 Å². The van der Waals surface area contributed by atoms with Gasteiger partial charge in [0.15, 0.2) is 6.10 Å². The number of benzene rings is 2. The van der Waals surface area contributed by atoms with Crippen LogP contribution < -0.4 is 5.32 Å². The van der Waals surface area contributed by atoms with Crippen molar-refractivity contribution in [2.45, 2.75) is 26.0 Å². The average Bonchev–Trinajstić information content (AvgIpc) is 2.73. The van der Waals surface area contributed by atoms with Crippen LogP contribution in [0.3, 0.4) is 0 Å². The number of fused-ring (bicyclic) bond motifs is 2. The molecule has 0 radical (unpaired) electrons. The lowest BCUT2D eigenvalue weighted by Crippen LogP contribution is -2.32. The molecule has 0 bridgehead atoms. The Morgan fingerprint density at radius 2 is 2.03 bits per heavy atom. The molecular weight excluding hydrogens is 465 g/mol. The summed E-state index contributed by atoms with van der Waals surface area (Å²) in [6.45, 7) is 2.89. The van der Waals surface area contributed by atoms with Crippen LogP contribution in [0.1, 0.15) is 28.5 Å². The van der Waals surface area contributed by atoms with Crippen LogP contribution in [0.15, 0.2) is 46.9 Å². The molecule has 31 heavy (non-hydrogen) atoms. The third-order valence-electron chi connectivity index (χ3n) is 5.28. The van der Waals surface area contributed by atoms with Crippen LogP contribution in [0.4, 0.5) is 10.1 Å². The number of hydrogen-bond acceptors (Lipinski definition) is 5. The highest BCUT2D eigenvalue weighted by Gasteiger charge is 2.28. The van der Waals surface area contributed by atoms with Crippen molar-refractivity contribution in [3.8, 4) is 0 Å². The standard InChI is InChI=1S/C23H21BrFN3O3/c1-13(22(29)27-20-8-7-14(24)11-17(20)25)31-23(30)21-15-5-3-4-6-18(15)26-19-9-10-28(2)12-16(19)21/h3-8,11,13H,9-10,12H2,1-2H3,(H,27,29). The molecule has 4 rings (SSSR count). The predicted molar refractivity (Wildman–Crippen MR) is 119 cm³/mol. The average molecular weight is 486 g/mol. The lowest BCUT2D eigenvalue weighted by molar-refractivity contribution is -0.123. The molecule has 0 saturated heterocycles. The van der Waals surface area contributed by atoms with Gasteiger partial charge in [-0.05, 0) is 38.2 Å². The molecule has 0 saturated carbocycles. The first-order chi connectivity index (χ1) is 14.8. The number of ether oxygens (including phenoxy) is 1. The fourth-order valence-electron chi connectivity index (χ4n) is 3.66. The minimum Gasteiger partial charge on any atom is -0.449 e. The molecule has 0 fully saturated rings. The highest BCUT2D eigenvalue weighted by Crippen LogP contribution is 2.29. The highest BCUT2D eigenvalue weighted by atomic mass is 79.9. The third kappa shape index (κ3) is 4.45. The van der Waals surface area contributed by atoms with E-state index in [2.05, 4.69) is 26.1 Å². The molecule has 1 aliphatic rings. The van der Waals surface area contributed by atoms with Crippen LogP contribution in [0, 0.1) is 5.82 Å². The van der Waals surface area contributed by atoms with E-state index in [0.717, 1.165) is 24.2 Å². The quantitative estimate of drug-likeness (QED) is 0.557. The zero-order chi connectivity index (χ0) is 22.1. The van der Waals surface area contributed by atoms with Gasteiger partial charge in [0.05, 0.1) is 16.8 Å². The number of amides is 1. The van der Waals surface area contributed by atoms with E-state index in [4.69, 9.17) is 9.72 Å². The molecule has 160 valence electrons. The number of aromatic nitrogens is 1. The van der Waals surface area contributed by atoms with E-state index in [9.17, 15) is 14.0 Å². The molecule has 2 aromatic carbocycles. The second-order valence-electron chi connectivity index (χ2n) is 7.58. The Morgan fingerprint density at radius 3 is 2.81 bits per heavy atom. The van der Waals surface area contributed by atoms with E-state index in [1.807, 2.05) is 31.3 Å². The Labute approximate surface area is 187 Å². The molecule has 1 unspecified atom stereocenters. The first-order valence-electron chi connectivity index (χ1n) is 9.89. The van der Waals surface area contributed by atoms with Crippen molar-refractivity contribution in [1.29, 1.82) is 0 Å². The minimum absolute atomic E-state index is 0.0180. The molecule has 6 nitrogen and oxygen atoms in total. The first kappa shape index (κ1) is 21.4. The van der Waals surface area contributed by atoms with Gasteiger partial charge in [0.1, 0.15) is 5.82 Å². The summed E-state index contributed by atoms with van der Waals surface area (Å²) in [7, 11) is 1.98. The van der Waals surface area contributed by atoms with Crippen molar-refractivity contribution >= 4 is 44.4 Å². The minimum atomic E-state index is -1.11. The lowest BCUT2D eigenvalue weighted by atomic mass is 9.96. The number of carbonyl (C=O) groups excluding carboxylic acids is 2. The molecule has 0 spiro atoms. The summed E-state index contributed by atoms with van der Waals surface area (Å²) in [6.07, 6.45) is -0.380. The van der Waals surface area contributed by atoms with E-state index in [-0.39, 0.29) is 5.69 Å². The summed E-state index contributed by atoms with van der Waals surface area (Å²) < 4.78 is 20.1. The van der Waals surface area contributed by atoms with Gasteiger partial charge in [-0.15, -0.1) is 0 Å². The lowest BCUT2D eigenvalue weighted by Gasteiger charge is -2.27. The van der Waals surface area contributed by atoms with Crippen LogP contribution in [0.2, 0.25) is 0 Å². The van der Waals surface area contributed by atoms with Gasteiger partial charge in [0.25, 0.3) is 5.91 Å². The SMILES string of the molecule is CC(OC(=O)c1c2c(nc3ccccc13)CCN(C)C2)C(=O)Nc1ccc(Br)cc1F. The van der Waals surface area contributed by atoms with Crippen molar-refractivity contribution in [1.82, 2.24) is 9.88 Å². The number of likely N-dealkylation sites (N-methyl/N-ethyl adjacent to an activating group) is 1. The number of para-hydroxylation sites is 1. The topological polar surface area (TPSA) is 71.5 Å². The molecule has 0 aliphatic carbocycles. The van der Waals surface area contributed by atoms with E-state index >= 15 is 0 Å². The molecule has 1 aliphatic heterocycles. The maximum absolute atomic E-state index is 14.0. The first-order valence-corrected chi connectivity index (χ1v) is 10.7. The Balaban J connectivity index is 1.60. The number of esters is 1. The van der Waals surface area contributed by atoms with E-state index < -0.39 is 23.8 Å². The Kier molecular flexibility index (Phi) is 6.02. The fraction of sp³-hybridized carbons (Fsp3) is 0.261. The molecule has 2 heterocycles. The number of nitrogens with one attached hydrogen (secondary N) is 1. The van der Waals surface area contributed by atoms with Crippen LogP contribution in [-0.4, -0.2) is 41.5 Å². The molecular formula is C23H21BrFN3O3. The number of nitrogens with zero attached hydrogens (tertiary/aromatic N) is 2. The summed E-state index contributed by atoms with van der Waals surface area (Å²) in [6, 6.07) is 11.7. The maximum Gasteiger partial charge on any atom is 0.339 e. The molecule has 1 amide bonds. The van der Waals surface area contributed by atoms with Crippen molar-refractivity contribution in [3.05, 3.63) is 69.6 Å². The highest BCUT2D eigenvalue weighted by molar-refractivity contribution is 9.10. The number of pyridine rings is 1. The molecule has 1 aromatic heterocycles. The summed E-state index contributed by atoms with van der Waals surface area (Å²) in [5, 5.41) is 3.16. The number of hydrogen-bond donors (Lipinski definition) is 1. The predicted octanol–water partition coefficient (Wildman–Crippen LogP) is 4.31. The van der Waals surface area contributed by atoms with Gasteiger partial charge in [-0.1, -0.05) is 34.1 Å². The number of halogens is 2. The van der Waals surface area contributed by atoms with E-state index in [1.54, 1.807) is 6.07 Å². The zero-order valence-electron chi connectivity index (χ0n) is 17.1. The maximum atomic E-state index is 14.0. The van der Waals surface area contributed by atoms with Crippen LogP contribution in [0.25, 0.3) is 10.9 Å². The van der Waals surface area contributed by atoms with Crippen LogP contribution in [-0.2, 0) is 22.5 Å². The fourth-order valence-corrected chi connectivity index (χ4v) is 3.99. The normalized spacial score (nSPS) is 14.7. The summed E-state index contributed by atoms with van der Waals surface area (Å²) in [4.78, 5) is 32.6. The van der Waals surface area contributed by atoms with Crippen molar-refractivity contribution in [2.75, 3.05) is 18.9 Å². The third-order valence-corrected chi connectivity index (χ3v) is 5.78.